The van der Waals surface area contributed by atoms with Crippen LogP contribution >= 0.6 is 15.9 Å². The third kappa shape index (κ3) is 3.30. The van der Waals surface area contributed by atoms with Crippen molar-refractivity contribution in [3.8, 4) is 0 Å². The lowest BCUT2D eigenvalue weighted by Gasteiger charge is -2.32. The third-order valence-corrected chi connectivity index (χ3v) is 4.23. The van der Waals surface area contributed by atoms with E-state index in [9.17, 15) is 4.79 Å². The quantitative estimate of drug-likeness (QED) is 0.894. The zero-order valence-corrected chi connectivity index (χ0v) is 14.1. The van der Waals surface area contributed by atoms with Crippen molar-refractivity contribution in [3.05, 3.63) is 26.3 Å². The van der Waals surface area contributed by atoms with Gasteiger partial charge in [-0.3, -0.25) is 9.69 Å². The molecule has 1 aromatic rings. The van der Waals surface area contributed by atoms with Crippen molar-refractivity contribution >= 4 is 15.9 Å². The molecule has 1 aliphatic rings. The van der Waals surface area contributed by atoms with E-state index in [0.717, 1.165) is 25.3 Å². The smallest absolute Gasteiger partial charge is 0.265 e. The Morgan fingerprint density at radius 2 is 2.20 bits per heavy atom. The maximum absolute atomic E-state index is 12.1. The zero-order chi connectivity index (χ0) is 14.9. The van der Waals surface area contributed by atoms with Crippen molar-refractivity contribution in [2.24, 2.45) is 0 Å². The Labute approximate surface area is 127 Å². The summed E-state index contributed by atoms with van der Waals surface area (Å²) in [6, 6.07) is 0. The summed E-state index contributed by atoms with van der Waals surface area (Å²) in [6.07, 6.45) is -0.161. The topological polar surface area (TPSA) is 58.2 Å². The molecule has 5 nitrogen and oxygen atoms in total. The molecule has 0 amide bonds. The van der Waals surface area contributed by atoms with Gasteiger partial charge in [0.15, 0.2) is 0 Å². The number of aromatic amines is 1. The molecular weight excluding hydrogens is 322 g/mol. The molecule has 1 fully saturated rings. The van der Waals surface area contributed by atoms with Gasteiger partial charge in [-0.05, 0) is 22.5 Å². The molecule has 0 bridgehead atoms. The van der Waals surface area contributed by atoms with Gasteiger partial charge >= 0.3 is 0 Å². The van der Waals surface area contributed by atoms with Crippen LogP contribution in [0.15, 0.2) is 9.27 Å². The van der Waals surface area contributed by atoms with Crippen LogP contribution in [0.25, 0.3) is 0 Å². The minimum atomic E-state index is -0.193. The van der Waals surface area contributed by atoms with Gasteiger partial charge in [-0.25, -0.2) is 4.98 Å². The molecule has 2 heterocycles. The van der Waals surface area contributed by atoms with Crippen molar-refractivity contribution in [2.75, 3.05) is 26.2 Å². The molecule has 0 spiro atoms. The van der Waals surface area contributed by atoms with E-state index in [1.165, 1.54) is 0 Å². The van der Waals surface area contributed by atoms with Gasteiger partial charge in [0.25, 0.3) is 5.56 Å². The monoisotopic (exact) mass is 343 g/mol. The average molecular weight is 344 g/mol. The van der Waals surface area contributed by atoms with Gasteiger partial charge in [-0.2, -0.15) is 0 Å². The summed E-state index contributed by atoms with van der Waals surface area (Å²) in [6.45, 7) is 11.6. The summed E-state index contributed by atoms with van der Waals surface area (Å²) in [5.74, 6) is 0.626. The van der Waals surface area contributed by atoms with E-state index in [0.29, 0.717) is 16.9 Å². The molecule has 1 saturated heterocycles. The Kier molecular flexibility index (Phi) is 4.66. The summed E-state index contributed by atoms with van der Waals surface area (Å²) in [5, 5.41) is 0. The van der Waals surface area contributed by atoms with Crippen molar-refractivity contribution in [2.45, 2.75) is 39.2 Å². The first kappa shape index (κ1) is 15.7. The fourth-order valence-corrected chi connectivity index (χ4v) is 3.06. The first-order chi connectivity index (χ1) is 9.32. The lowest BCUT2D eigenvalue weighted by molar-refractivity contribution is -0.0328. The fraction of sp³-hybridized carbons (Fsp3) is 0.714. The van der Waals surface area contributed by atoms with Crippen LogP contribution in [0.2, 0.25) is 0 Å². The molecule has 0 aromatic carbocycles. The van der Waals surface area contributed by atoms with E-state index in [2.05, 4.69) is 37.7 Å². The molecule has 20 heavy (non-hydrogen) atoms. The van der Waals surface area contributed by atoms with Crippen LogP contribution in [-0.2, 0) is 10.2 Å². The van der Waals surface area contributed by atoms with E-state index in [1.807, 2.05) is 20.8 Å². The van der Waals surface area contributed by atoms with Crippen molar-refractivity contribution in [1.82, 2.24) is 14.9 Å². The molecule has 0 radical (unpaired) electrons. The van der Waals surface area contributed by atoms with Gasteiger partial charge in [0.1, 0.15) is 16.4 Å². The highest BCUT2D eigenvalue weighted by Crippen LogP contribution is 2.27. The number of nitrogens with zero attached hydrogens (tertiary/aromatic N) is 2. The van der Waals surface area contributed by atoms with Crippen LogP contribution in [0.3, 0.4) is 0 Å². The summed E-state index contributed by atoms with van der Waals surface area (Å²) in [5.41, 5.74) is 0.437. The Hall–Kier alpha value is -0.720. The zero-order valence-electron chi connectivity index (χ0n) is 12.5. The number of hydrogen-bond donors (Lipinski definition) is 1. The van der Waals surface area contributed by atoms with Crippen LogP contribution < -0.4 is 5.56 Å². The second kappa shape index (κ2) is 5.95. The second-order valence-electron chi connectivity index (χ2n) is 6.12. The maximum atomic E-state index is 12.1. The summed E-state index contributed by atoms with van der Waals surface area (Å²) in [7, 11) is 0. The van der Waals surface area contributed by atoms with Gasteiger partial charge < -0.3 is 9.72 Å². The minimum Gasteiger partial charge on any atom is -0.368 e. The fourth-order valence-electron chi connectivity index (χ4n) is 2.28. The molecule has 1 aliphatic heterocycles. The predicted molar refractivity (Wildman–Crippen MR) is 82.1 cm³/mol. The van der Waals surface area contributed by atoms with Crippen LogP contribution in [0.4, 0.5) is 0 Å². The standard InChI is InChI=1S/C14H22BrN3O2/c1-5-18-6-7-20-9(8-18)12-16-11(14(2,3)4)10(15)13(19)17-12/h9H,5-8H2,1-4H3,(H,16,17,19). The third-order valence-electron chi connectivity index (χ3n) is 3.49. The van der Waals surface area contributed by atoms with Gasteiger partial charge in [-0.15, -0.1) is 0 Å². The van der Waals surface area contributed by atoms with Crippen LogP contribution in [0, 0.1) is 0 Å². The Bertz CT molecular complexity index is 536. The number of nitrogens with one attached hydrogen (secondary N) is 1. The Morgan fingerprint density at radius 3 is 2.80 bits per heavy atom. The molecule has 2 rings (SSSR count). The predicted octanol–water partition coefficient (Wildman–Crippen LogP) is 2.22. The summed E-state index contributed by atoms with van der Waals surface area (Å²) in [4.78, 5) is 21.9. The molecular formula is C14H22BrN3O2. The molecule has 0 aliphatic carbocycles. The first-order valence-corrected chi connectivity index (χ1v) is 7.76. The number of halogens is 1. The minimum absolute atomic E-state index is 0.142. The molecule has 1 N–H and O–H groups in total. The number of aromatic nitrogens is 2. The number of H-pyrrole nitrogens is 1. The van der Waals surface area contributed by atoms with Gasteiger partial charge in [0, 0.05) is 18.5 Å². The van der Waals surface area contributed by atoms with Crippen molar-refractivity contribution in [3.63, 3.8) is 0 Å². The number of hydrogen-bond acceptors (Lipinski definition) is 4. The van der Waals surface area contributed by atoms with Crippen molar-refractivity contribution in [1.29, 1.82) is 0 Å². The van der Waals surface area contributed by atoms with Gasteiger partial charge in [0.2, 0.25) is 0 Å². The molecule has 112 valence electrons. The van der Waals surface area contributed by atoms with Gasteiger partial charge in [-0.1, -0.05) is 27.7 Å². The Morgan fingerprint density at radius 1 is 1.50 bits per heavy atom. The molecule has 1 unspecified atom stereocenters. The highest BCUT2D eigenvalue weighted by atomic mass is 79.9. The van der Waals surface area contributed by atoms with E-state index in [4.69, 9.17) is 4.74 Å². The van der Waals surface area contributed by atoms with E-state index in [-0.39, 0.29) is 17.1 Å². The van der Waals surface area contributed by atoms with E-state index in [1.54, 1.807) is 0 Å². The van der Waals surface area contributed by atoms with E-state index >= 15 is 0 Å². The lowest BCUT2D eigenvalue weighted by atomic mass is 9.92. The summed E-state index contributed by atoms with van der Waals surface area (Å²) < 4.78 is 6.28. The van der Waals surface area contributed by atoms with E-state index < -0.39 is 0 Å². The summed E-state index contributed by atoms with van der Waals surface area (Å²) >= 11 is 3.34. The first-order valence-electron chi connectivity index (χ1n) is 6.97. The number of likely N-dealkylation sites (N-methyl/N-ethyl adjacent to an activating group) is 1. The molecule has 1 aromatic heterocycles. The largest absolute Gasteiger partial charge is 0.368 e. The van der Waals surface area contributed by atoms with Crippen LogP contribution in [0.5, 0.6) is 0 Å². The number of ether oxygens (including phenoxy) is 1. The molecule has 6 heteroatoms. The number of rotatable bonds is 2. The second-order valence-corrected chi connectivity index (χ2v) is 6.91. The average Bonchev–Trinajstić information content (AvgIpc) is 2.40. The highest BCUT2D eigenvalue weighted by Gasteiger charge is 2.27. The normalized spacial score (nSPS) is 21.1. The van der Waals surface area contributed by atoms with Gasteiger partial charge in [0.05, 0.1) is 12.3 Å². The van der Waals surface area contributed by atoms with Crippen LogP contribution in [-0.4, -0.2) is 41.1 Å². The highest BCUT2D eigenvalue weighted by molar-refractivity contribution is 9.10. The van der Waals surface area contributed by atoms with Crippen LogP contribution in [0.1, 0.15) is 45.3 Å². The van der Waals surface area contributed by atoms with Crippen molar-refractivity contribution < 1.29 is 4.74 Å². The maximum Gasteiger partial charge on any atom is 0.265 e. The number of morpholine rings is 1. The Balaban J connectivity index is 2.38. The molecule has 0 saturated carbocycles. The SMILES string of the molecule is CCN1CCOC(c2nc(C(C)(C)C)c(Br)c(=O)[nH]2)C1. The lowest BCUT2D eigenvalue weighted by Crippen LogP contribution is -2.39. The molecule has 1 atom stereocenters.